The van der Waals surface area contributed by atoms with Crippen LogP contribution in [0, 0.1) is 0 Å². The Balaban J connectivity index is 2.00. The first kappa shape index (κ1) is 11.2. The first-order chi connectivity index (χ1) is 8.72. The molecule has 0 spiro atoms. The van der Waals surface area contributed by atoms with Gasteiger partial charge in [-0.25, -0.2) is 0 Å². The van der Waals surface area contributed by atoms with E-state index in [1.165, 1.54) is 17.7 Å². The number of H-pyrrole nitrogens is 1. The molecule has 3 aromatic rings. The van der Waals surface area contributed by atoms with Crippen molar-refractivity contribution >= 4 is 21.6 Å². The van der Waals surface area contributed by atoms with E-state index in [0.29, 0.717) is 0 Å². The summed E-state index contributed by atoms with van der Waals surface area (Å²) in [5.41, 5.74) is 1.87. The van der Waals surface area contributed by atoms with E-state index in [-0.39, 0.29) is 5.43 Å². The molecule has 3 rings (SSSR count). The van der Waals surface area contributed by atoms with Crippen LogP contribution in [-0.2, 0) is 6.42 Å². The van der Waals surface area contributed by atoms with Crippen LogP contribution in [0.1, 0.15) is 11.4 Å². The van der Waals surface area contributed by atoms with Crippen LogP contribution < -0.4 is 5.43 Å². The minimum atomic E-state index is -0.0196. The Labute approximate surface area is 111 Å². The summed E-state index contributed by atoms with van der Waals surface area (Å²) in [4.78, 5) is 11.2. The Bertz CT molecular complexity index is 743. The van der Waals surface area contributed by atoms with Crippen LogP contribution in [0.4, 0.5) is 0 Å². The number of rotatable bonds is 2. The predicted molar refractivity (Wildman–Crippen MR) is 72.8 cm³/mol. The van der Waals surface area contributed by atoms with Gasteiger partial charge in [0.25, 0.3) is 0 Å². The largest absolute Gasteiger partial charge is 0.290 e. The third-order valence-corrected chi connectivity index (χ3v) is 3.31. The highest BCUT2D eigenvalue weighted by molar-refractivity contribution is 9.10. The van der Waals surface area contributed by atoms with Crippen LogP contribution in [0.5, 0.6) is 0 Å². The number of nitrogens with zero attached hydrogens (tertiary/aromatic N) is 2. The fourth-order valence-corrected chi connectivity index (χ4v) is 2.14. The zero-order valence-corrected chi connectivity index (χ0v) is 11.0. The molecule has 4 nitrogen and oxygen atoms in total. The highest BCUT2D eigenvalue weighted by atomic mass is 79.9. The van der Waals surface area contributed by atoms with Crippen molar-refractivity contribution in [3.63, 3.8) is 0 Å². The van der Waals surface area contributed by atoms with Gasteiger partial charge in [0.15, 0.2) is 5.43 Å². The van der Waals surface area contributed by atoms with Gasteiger partial charge >= 0.3 is 0 Å². The lowest BCUT2D eigenvalue weighted by atomic mass is 10.1. The molecule has 0 aliphatic rings. The Morgan fingerprint density at radius 2 is 2.00 bits per heavy atom. The number of hydrogen-bond donors (Lipinski definition) is 1. The summed E-state index contributed by atoms with van der Waals surface area (Å²) >= 11 is 3.41. The van der Waals surface area contributed by atoms with E-state index in [0.717, 1.165) is 22.4 Å². The number of nitrogens with one attached hydrogen (secondary N) is 1. The fourth-order valence-electron chi connectivity index (χ4n) is 1.88. The van der Waals surface area contributed by atoms with Crippen LogP contribution in [0.2, 0.25) is 0 Å². The highest BCUT2D eigenvalue weighted by Crippen LogP contribution is 2.13. The zero-order chi connectivity index (χ0) is 12.5. The summed E-state index contributed by atoms with van der Waals surface area (Å²) < 4.78 is 2.95. The number of pyridine rings is 1. The van der Waals surface area contributed by atoms with Crippen LogP contribution in [0.15, 0.2) is 51.9 Å². The van der Waals surface area contributed by atoms with Gasteiger partial charge in [-0.2, -0.15) is 5.10 Å². The van der Waals surface area contributed by atoms with Crippen LogP contribution >= 0.6 is 15.9 Å². The smallest absolute Gasteiger partial charge is 0.183 e. The van der Waals surface area contributed by atoms with Gasteiger partial charge in [0.05, 0.1) is 0 Å². The molecule has 0 unspecified atom stereocenters. The molecule has 1 N–H and O–H groups in total. The first-order valence-electron chi connectivity index (χ1n) is 5.52. The van der Waals surface area contributed by atoms with Crippen molar-refractivity contribution in [2.45, 2.75) is 6.42 Å². The average molecular weight is 304 g/mol. The van der Waals surface area contributed by atoms with Crippen LogP contribution in [-0.4, -0.2) is 14.6 Å². The van der Waals surface area contributed by atoms with E-state index >= 15 is 0 Å². The minimum Gasteiger partial charge on any atom is -0.290 e. The summed E-state index contributed by atoms with van der Waals surface area (Å²) in [5, 5.41) is 7.11. The van der Waals surface area contributed by atoms with Gasteiger partial charge in [-0.15, -0.1) is 0 Å². The van der Waals surface area contributed by atoms with Crippen LogP contribution in [0.25, 0.3) is 5.65 Å². The van der Waals surface area contributed by atoms with E-state index in [2.05, 4.69) is 26.1 Å². The summed E-state index contributed by atoms with van der Waals surface area (Å²) in [7, 11) is 0. The lowest BCUT2D eigenvalue weighted by Gasteiger charge is -2.00. The third-order valence-electron chi connectivity index (χ3n) is 2.78. The Morgan fingerprint density at radius 3 is 2.78 bits per heavy atom. The summed E-state index contributed by atoms with van der Waals surface area (Å²) in [6, 6.07) is 11.2. The average Bonchev–Trinajstić information content (AvgIpc) is 2.74. The summed E-state index contributed by atoms with van der Waals surface area (Å²) in [5.74, 6) is 0.882. The van der Waals surface area contributed by atoms with Gasteiger partial charge in [-0.05, 0) is 17.7 Å². The summed E-state index contributed by atoms with van der Waals surface area (Å²) in [6.07, 6.45) is 2.46. The fraction of sp³-hybridized carbons (Fsp3) is 0.0769. The highest BCUT2D eigenvalue weighted by Gasteiger charge is 2.05. The van der Waals surface area contributed by atoms with Gasteiger partial charge in [0.2, 0.25) is 0 Å². The van der Waals surface area contributed by atoms with Crippen molar-refractivity contribution in [3.8, 4) is 0 Å². The molecular weight excluding hydrogens is 294 g/mol. The molecule has 0 amide bonds. The maximum Gasteiger partial charge on any atom is 0.183 e. The SMILES string of the molecule is O=c1ccn2c(Cc3ccc(Br)cc3)n[nH]c2c1. The molecule has 18 heavy (non-hydrogen) atoms. The van der Waals surface area contributed by atoms with Crippen molar-refractivity contribution in [1.29, 1.82) is 0 Å². The molecule has 2 heterocycles. The molecule has 0 saturated carbocycles. The lowest BCUT2D eigenvalue weighted by Crippen LogP contribution is -2.01. The van der Waals surface area contributed by atoms with Gasteiger partial charge in [0, 0.05) is 29.2 Å². The Kier molecular flexibility index (Phi) is 2.76. The predicted octanol–water partition coefficient (Wildman–Crippen LogP) is 2.38. The van der Waals surface area contributed by atoms with Gasteiger partial charge in [-0.1, -0.05) is 28.1 Å². The lowest BCUT2D eigenvalue weighted by molar-refractivity contribution is 0.934. The summed E-state index contributed by atoms with van der Waals surface area (Å²) in [6.45, 7) is 0. The van der Waals surface area contributed by atoms with Crippen molar-refractivity contribution in [3.05, 3.63) is 68.7 Å². The number of aromatic amines is 1. The molecule has 5 heteroatoms. The number of halogens is 1. The second-order valence-corrected chi connectivity index (χ2v) is 4.98. The topological polar surface area (TPSA) is 50.2 Å². The molecule has 0 fully saturated rings. The molecule has 90 valence electrons. The van der Waals surface area contributed by atoms with E-state index in [4.69, 9.17) is 0 Å². The van der Waals surface area contributed by atoms with Gasteiger partial charge < -0.3 is 0 Å². The van der Waals surface area contributed by atoms with E-state index in [1.54, 1.807) is 6.20 Å². The molecule has 0 atom stereocenters. The third kappa shape index (κ3) is 2.09. The maximum atomic E-state index is 11.2. The first-order valence-corrected chi connectivity index (χ1v) is 6.32. The zero-order valence-electron chi connectivity index (χ0n) is 9.43. The van der Waals surface area contributed by atoms with Crippen molar-refractivity contribution < 1.29 is 0 Å². The maximum absolute atomic E-state index is 11.2. The normalized spacial score (nSPS) is 10.9. The molecular formula is C13H10BrN3O. The molecule has 2 aromatic heterocycles. The second kappa shape index (κ2) is 4.42. The monoisotopic (exact) mass is 303 g/mol. The standard InChI is InChI=1S/C13H10BrN3O/c14-10-3-1-9(2-4-10)7-12-15-16-13-8-11(18)5-6-17(12)13/h1-6,8,16H,7H2. The van der Waals surface area contributed by atoms with Crippen molar-refractivity contribution in [1.82, 2.24) is 14.6 Å². The van der Waals surface area contributed by atoms with Gasteiger partial charge in [0.1, 0.15) is 11.5 Å². The molecule has 0 saturated heterocycles. The quantitative estimate of drug-likeness (QED) is 0.790. The molecule has 1 aromatic carbocycles. The molecule has 0 aliphatic heterocycles. The van der Waals surface area contributed by atoms with Crippen molar-refractivity contribution in [2.75, 3.05) is 0 Å². The minimum absolute atomic E-state index is 0.0196. The van der Waals surface area contributed by atoms with Crippen LogP contribution in [0.3, 0.4) is 0 Å². The van der Waals surface area contributed by atoms with E-state index in [1.807, 2.05) is 28.7 Å². The van der Waals surface area contributed by atoms with E-state index in [9.17, 15) is 4.79 Å². The molecule has 0 aliphatic carbocycles. The number of benzene rings is 1. The number of fused-ring (bicyclic) bond motifs is 1. The van der Waals surface area contributed by atoms with Crippen molar-refractivity contribution in [2.24, 2.45) is 0 Å². The number of aromatic nitrogens is 3. The Hall–Kier alpha value is -1.88. The van der Waals surface area contributed by atoms with Gasteiger partial charge in [-0.3, -0.25) is 14.3 Å². The van der Waals surface area contributed by atoms with E-state index < -0.39 is 0 Å². The molecule has 0 radical (unpaired) electrons. The molecule has 0 bridgehead atoms. The second-order valence-electron chi connectivity index (χ2n) is 4.06. The number of hydrogen-bond acceptors (Lipinski definition) is 2. The Morgan fingerprint density at radius 1 is 1.22 bits per heavy atom.